The van der Waals surface area contributed by atoms with Crippen LogP contribution in [0.1, 0.15) is 20.8 Å². The predicted molar refractivity (Wildman–Crippen MR) is 62.6 cm³/mol. The Balaban J connectivity index is 2.59. The number of nitrogens with one attached hydrogen (secondary N) is 1. The number of nitrogens with two attached hydrogens (primary N) is 1. The molecule has 2 amide bonds. The highest BCUT2D eigenvalue weighted by molar-refractivity contribution is 6.06. The van der Waals surface area contributed by atoms with Gasteiger partial charge in [-0.05, 0) is 18.2 Å². The Morgan fingerprint density at radius 2 is 2.06 bits per heavy atom. The van der Waals surface area contributed by atoms with E-state index in [-0.39, 0.29) is 11.6 Å². The van der Waals surface area contributed by atoms with Gasteiger partial charge < -0.3 is 10.6 Å². The average molecular weight is 232 g/mol. The van der Waals surface area contributed by atoms with Gasteiger partial charge in [0.1, 0.15) is 0 Å². The molecule has 6 nitrogen and oxygen atoms in total. The zero-order valence-corrected chi connectivity index (χ0v) is 9.52. The number of aromatic amines is 1. The smallest absolute Gasteiger partial charge is 0.269 e. The highest BCUT2D eigenvalue weighted by atomic mass is 16.2. The molecule has 0 saturated heterocycles. The third-order valence-corrected chi connectivity index (χ3v) is 2.45. The Labute approximate surface area is 97.4 Å². The van der Waals surface area contributed by atoms with Crippen LogP contribution in [0.5, 0.6) is 0 Å². The van der Waals surface area contributed by atoms with Crippen LogP contribution in [0.2, 0.25) is 0 Å². The number of H-pyrrole nitrogens is 1. The van der Waals surface area contributed by atoms with Crippen molar-refractivity contribution in [2.24, 2.45) is 5.73 Å². The largest absolute Gasteiger partial charge is 0.364 e. The van der Waals surface area contributed by atoms with Crippen molar-refractivity contribution in [3.8, 4) is 0 Å². The summed E-state index contributed by atoms with van der Waals surface area (Å²) in [7, 11) is 3.33. The van der Waals surface area contributed by atoms with E-state index >= 15 is 0 Å². The second-order valence-electron chi connectivity index (χ2n) is 3.90. The summed E-state index contributed by atoms with van der Waals surface area (Å²) in [6.45, 7) is 0. The topological polar surface area (TPSA) is 92.1 Å². The summed E-state index contributed by atoms with van der Waals surface area (Å²) in [5.41, 5.74) is 6.51. The van der Waals surface area contributed by atoms with Gasteiger partial charge in [0.05, 0.1) is 5.52 Å². The minimum atomic E-state index is -0.620. The summed E-state index contributed by atoms with van der Waals surface area (Å²) in [4.78, 5) is 24.4. The molecule has 0 spiro atoms. The number of benzene rings is 1. The summed E-state index contributed by atoms with van der Waals surface area (Å²) in [6.07, 6.45) is 0. The highest BCUT2D eigenvalue weighted by Gasteiger charge is 2.14. The molecular formula is C11H12N4O2. The lowest BCUT2D eigenvalue weighted by Crippen LogP contribution is -2.21. The van der Waals surface area contributed by atoms with Crippen LogP contribution >= 0.6 is 0 Å². The molecule has 0 aliphatic carbocycles. The second kappa shape index (κ2) is 3.89. The number of nitrogens with zero attached hydrogens (tertiary/aromatic N) is 2. The van der Waals surface area contributed by atoms with Crippen molar-refractivity contribution in [2.75, 3.05) is 14.1 Å². The van der Waals surface area contributed by atoms with Crippen molar-refractivity contribution in [3.63, 3.8) is 0 Å². The van der Waals surface area contributed by atoms with E-state index in [0.717, 1.165) is 0 Å². The summed E-state index contributed by atoms with van der Waals surface area (Å²) in [6, 6.07) is 4.99. The van der Waals surface area contributed by atoms with Gasteiger partial charge >= 0.3 is 0 Å². The number of carbonyl (C=O) groups excluding carboxylic acids is 2. The van der Waals surface area contributed by atoms with Crippen molar-refractivity contribution < 1.29 is 9.59 Å². The van der Waals surface area contributed by atoms with Crippen LogP contribution in [-0.2, 0) is 0 Å². The van der Waals surface area contributed by atoms with Crippen LogP contribution in [0.15, 0.2) is 18.2 Å². The molecule has 0 fully saturated rings. The number of carbonyl (C=O) groups is 2. The number of primary amides is 1. The molecule has 88 valence electrons. The van der Waals surface area contributed by atoms with Gasteiger partial charge in [-0.2, -0.15) is 5.10 Å². The Hall–Kier alpha value is -2.37. The number of rotatable bonds is 2. The van der Waals surface area contributed by atoms with Crippen molar-refractivity contribution in [1.29, 1.82) is 0 Å². The van der Waals surface area contributed by atoms with Gasteiger partial charge in [-0.1, -0.05) is 0 Å². The molecule has 2 aromatic rings. The highest BCUT2D eigenvalue weighted by Crippen LogP contribution is 2.18. The molecular weight excluding hydrogens is 220 g/mol. The Morgan fingerprint density at radius 1 is 1.35 bits per heavy atom. The fraction of sp³-hybridized carbons (Fsp3) is 0.182. The van der Waals surface area contributed by atoms with E-state index in [1.165, 1.54) is 4.90 Å². The van der Waals surface area contributed by atoms with Crippen molar-refractivity contribution >= 4 is 22.7 Å². The summed E-state index contributed by atoms with van der Waals surface area (Å²) >= 11 is 0. The molecule has 2 rings (SSSR count). The van der Waals surface area contributed by atoms with Gasteiger partial charge in [-0.25, -0.2) is 0 Å². The minimum absolute atomic E-state index is 0.136. The van der Waals surface area contributed by atoms with E-state index in [2.05, 4.69) is 10.2 Å². The number of amides is 2. The fourth-order valence-electron chi connectivity index (χ4n) is 1.59. The molecule has 0 unspecified atom stereocenters. The van der Waals surface area contributed by atoms with E-state index in [1.807, 2.05) is 0 Å². The van der Waals surface area contributed by atoms with Crippen molar-refractivity contribution in [1.82, 2.24) is 15.1 Å². The minimum Gasteiger partial charge on any atom is -0.364 e. The molecule has 17 heavy (non-hydrogen) atoms. The second-order valence-corrected chi connectivity index (χ2v) is 3.90. The van der Waals surface area contributed by atoms with Crippen LogP contribution in [0.3, 0.4) is 0 Å². The zero-order valence-electron chi connectivity index (χ0n) is 9.52. The first-order valence-electron chi connectivity index (χ1n) is 5.00. The van der Waals surface area contributed by atoms with E-state index in [9.17, 15) is 9.59 Å². The summed E-state index contributed by atoms with van der Waals surface area (Å²) in [5.74, 6) is -0.755. The molecule has 0 aliphatic rings. The molecule has 1 aromatic heterocycles. The number of hydrogen-bond acceptors (Lipinski definition) is 3. The van der Waals surface area contributed by atoms with Gasteiger partial charge in [-0.15, -0.1) is 0 Å². The lowest BCUT2D eigenvalue weighted by Gasteiger charge is -2.09. The average Bonchev–Trinajstić information content (AvgIpc) is 2.70. The molecule has 0 bridgehead atoms. The Kier molecular flexibility index (Phi) is 2.55. The maximum Gasteiger partial charge on any atom is 0.269 e. The third-order valence-electron chi connectivity index (χ3n) is 2.45. The zero-order chi connectivity index (χ0) is 12.6. The Bertz CT molecular complexity index is 601. The number of fused-ring (bicyclic) bond motifs is 1. The SMILES string of the molecule is CN(C)C(=O)c1ccc2[nH]nc(C(N)=O)c2c1. The van der Waals surface area contributed by atoms with Crippen LogP contribution in [0.4, 0.5) is 0 Å². The predicted octanol–water partition coefficient (Wildman–Crippen LogP) is 0.364. The van der Waals surface area contributed by atoms with Crippen LogP contribution in [-0.4, -0.2) is 41.0 Å². The quantitative estimate of drug-likeness (QED) is 0.783. The first-order chi connectivity index (χ1) is 8.00. The normalized spacial score (nSPS) is 10.5. The van der Waals surface area contributed by atoms with Crippen LogP contribution < -0.4 is 5.73 Å². The van der Waals surface area contributed by atoms with Crippen LogP contribution in [0.25, 0.3) is 10.9 Å². The van der Waals surface area contributed by atoms with E-state index < -0.39 is 5.91 Å². The monoisotopic (exact) mass is 232 g/mol. The lowest BCUT2D eigenvalue weighted by molar-refractivity contribution is 0.0827. The molecule has 0 atom stereocenters. The molecule has 0 radical (unpaired) electrons. The molecule has 0 saturated carbocycles. The van der Waals surface area contributed by atoms with Gasteiger partial charge in [-0.3, -0.25) is 14.7 Å². The first kappa shape index (κ1) is 11.1. The van der Waals surface area contributed by atoms with E-state index in [1.54, 1.807) is 32.3 Å². The molecule has 3 N–H and O–H groups in total. The fourth-order valence-corrected chi connectivity index (χ4v) is 1.59. The Morgan fingerprint density at radius 3 is 2.65 bits per heavy atom. The van der Waals surface area contributed by atoms with Gasteiger partial charge in [0.2, 0.25) is 0 Å². The van der Waals surface area contributed by atoms with Gasteiger partial charge in [0.15, 0.2) is 5.69 Å². The van der Waals surface area contributed by atoms with E-state index in [4.69, 9.17) is 5.73 Å². The number of hydrogen-bond donors (Lipinski definition) is 2. The molecule has 0 aliphatic heterocycles. The molecule has 1 heterocycles. The van der Waals surface area contributed by atoms with E-state index in [0.29, 0.717) is 16.5 Å². The molecule has 6 heteroatoms. The standard InChI is InChI=1S/C11H12N4O2/c1-15(2)11(17)6-3-4-8-7(5-6)9(10(12)16)14-13-8/h3-5H,1-2H3,(H2,12,16)(H,13,14). The van der Waals surface area contributed by atoms with Crippen LogP contribution in [0, 0.1) is 0 Å². The lowest BCUT2D eigenvalue weighted by atomic mass is 10.1. The van der Waals surface area contributed by atoms with Gasteiger partial charge in [0.25, 0.3) is 11.8 Å². The molecule has 1 aromatic carbocycles. The maximum atomic E-state index is 11.8. The summed E-state index contributed by atoms with van der Waals surface area (Å²) < 4.78 is 0. The third kappa shape index (κ3) is 1.84. The number of aromatic nitrogens is 2. The first-order valence-corrected chi connectivity index (χ1v) is 5.00. The maximum absolute atomic E-state index is 11.8. The van der Waals surface area contributed by atoms with Crippen molar-refractivity contribution in [3.05, 3.63) is 29.5 Å². The van der Waals surface area contributed by atoms with Crippen molar-refractivity contribution in [2.45, 2.75) is 0 Å². The summed E-state index contributed by atoms with van der Waals surface area (Å²) in [5, 5.41) is 7.07. The van der Waals surface area contributed by atoms with Gasteiger partial charge in [0, 0.05) is 25.0 Å².